The van der Waals surface area contributed by atoms with E-state index in [4.69, 9.17) is 21.1 Å². The molecule has 2 aromatic carbocycles. The number of aromatic nitrogens is 3. The van der Waals surface area contributed by atoms with E-state index < -0.39 is 0 Å². The topological polar surface area (TPSA) is 102 Å². The quantitative estimate of drug-likeness (QED) is 0.236. The van der Waals surface area contributed by atoms with Crippen molar-refractivity contribution >= 4 is 45.7 Å². The monoisotopic (exact) mass is 546 g/mol. The van der Waals surface area contributed by atoms with E-state index in [-0.39, 0.29) is 5.91 Å². The number of amides is 1. The zero-order valence-electron chi connectivity index (χ0n) is 22.0. The average Bonchev–Trinajstić information content (AvgIpc) is 3.36. The lowest BCUT2D eigenvalue weighted by molar-refractivity contribution is 0.102. The fourth-order valence-corrected chi connectivity index (χ4v) is 4.90. The van der Waals surface area contributed by atoms with Gasteiger partial charge in [0.1, 0.15) is 18.0 Å². The molecular weight excluding hydrogens is 516 g/mol. The summed E-state index contributed by atoms with van der Waals surface area (Å²) in [5, 5.41) is 7.33. The standard InChI is InChI=1S/C29H31ClN6O3/c1-19-6-4-11-36(19)12-5-13-39-26-16-24-23(15-25(26)38-2)28(33-18-32-24)34-22-9-10-27(31-17-22)35-29(37)20-7-3-8-21(30)14-20/h3,7-10,14-19H,4-6,11-13H2,1-2H3,(H,31,35,37)(H,32,33,34)/t19-/m0/s1. The van der Waals surface area contributed by atoms with Crippen LogP contribution >= 0.6 is 11.6 Å². The van der Waals surface area contributed by atoms with Crippen LogP contribution in [-0.2, 0) is 0 Å². The minimum atomic E-state index is -0.289. The number of hydrogen-bond donors (Lipinski definition) is 2. The Kier molecular flexibility index (Phi) is 8.39. The van der Waals surface area contributed by atoms with Crippen LogP contribution in [0.25, 0.3) is 10.9 Å². The number of halogens is 1. The molecule has 2 aromatic heterocycles. The number of fused-ring (bicyclic) bond motifs is 1. The number of methoxy groups -OCH3 is 1. The van der Waals surface area contributed by atoms with Gasteiger partial charge < -0.3 is 25.0 Å². The first-order valence-electron chi connectivity index (χ1n) is 13.0. The lowest BCUT2D eigenvalue weighted by Gasteiger charge is -2.21. The summed E-state index contributed by atoms with van der Waals surface area (Å²) in [5.41, 5.74) is 1.89. The molecule has 0 spiro atoms. The van der Waals surface area contributed by atoms with Crippen molar-refractivity contribution < 1.29 is 14.3 Å². The van der Waals surface area contributed by atoms with E-state index in [1.807, 2.05) is 18.2 Å². The highest BCUT2D eigenvalue weighted by Gasteiger charge is 2.19. The Morgan fingerprint density at radius 1 is 1.13 bits per heavy atom. The molecule has 3 heterocycles. The van der Waals surface area contributed by atoms with Crippen LogP contribution < -0.4 is 20.1 Å². The van der Waals surface area contributed by atoms with E-state index in [0.717, 1.165) is 23.9 Å². The van der Waals surface area contributed by atoms with Crippen LogP contribution in [0.2, 0.25) is 5.02 Å². The minimum Gasteiger partial charge on any atom is -0.493 e. The summed E-state index contributed by atoms with van der Waals surface area (Å²) in [6.07, 6.45) is 6.62. The van der Waals surface area contributed by atoms with E-state index in [1.165, 1.54) is 25.7 Å². The summed E-state index contributed by atoms with van der Waals surface area (Å²) in [5.74, 6) is 2.01. The number of pyridine rings is 1. The highest BCUT2D eigenvalue weighted by Crippen LogP contribution is 2.35. The molecule has 10 heteroatoms. The summed E-state index contributed by atoms with van der Waals surface area (Å²) in [7, 11) is 1.62. The fourth-order valence-electron chi connectivity index (χ4n) is 4.71. The smallest absolute Gasteiger partial charge is 0.256 e. The largest absolute Gasteiger partial charge is 0.493 e. The number of anilines is 3. The van der Waals surface area contributed by atoms with Crippen molar-refractivity contribution in [3.63, 3.8) is 0 Å². The van der Waals surface area contributed by atoms with Crippen molar-refractivity contribution in [2.24, 2.45) is 0 Å². The molecule has 1 amide bonds. The van der Waals surface area contributed by atoms with Gasteiger partial charge in [-0.15, -0.1) is 0 Å². The van der Waals surface area contributed by atoms with Crippen LogP contribution in [0, 0.1) is 0 Å². The molecule has 2 N–H and O–H groups in total. The minimum absolute atomic E-state index is 0.289. The number of nitrogens with zero attached hydrogens (tertiary/aromatic N) is 4. The highest BCUT2D eigenvalue weighted by molar-refractivity contribution is 6.31. The maximum Gasteiger partial charge on any atom is 0.256 e. The number of rotatable bonds is 10. The summed E-state index contributed by atoms with van der Waals surface area (Å²) in [6, 6.07) is 14.7. The van der Waals surface area contributed by atoms with Crippen LogP contribution in [0.4, 0.5) is 17.3 Å². The molecule has 4 aromatic rings. The molecule has 1 saturated heterocycles. The third-order valence-corrected chi connectivity index (χ3v) is 7.05. The maximum atomic E-state index is 12.5. The number of ether oxygens (including phenoxy) is 2. The Morgan fingerprint density at radius 3 is 2.77 bits per heavy atom. The van der Waals surface area contributed by atoms with Gasteiger partial charge in [0.05, 0.1) is 31.1 Å². The molecule has 0 bridgehead atoms. The van der Waals surface area contributed by atoms with Crippen molar-refractivity contribution in [2.45, 2.75) is 32.2 Å². The van der Waals surface area contributed by atoms with Gasteiger partial charge in [0.2, 0.25) is 0 Å². The lowest BCUT2D eigenvalue weighted by Crippen LogP contribution is -2.28. The van der Waals surface area contributed by atoms with E-state index >= 15 is 0 Å². The van der Waals surface area contributed by atoms with Crippen molar-refractivity contribution in [1.29, 1.82) is 0 Å². The van der Waals surface area contributed by atoms with Gasteiger partial charge in [-0.1, -0.05) is 17.7 Å². The van der Waals surface area contributed by atoms with Crippen LogP contribution in [0.15, 0.2) is 61.1 Å². The average molecular weight is 547 g/mol. The van der Waals surface area contributed by atoms with Gasteiger partial charge in [0.15, 0.2) is 11.5 Å². The van der Waals surface area contributed by atoms with E-state index in [0.29, 0.717) is 52.1 Å². The Bertz CT molecular complexity index is 1450. The van der Waals surface area contributed by atoms with Crippen molar-refractivity contribution in [3.8, 4) is 11.5 Å². The zero-order valence-corrected chi connectivity index (χ0v) is 22.7. The van der Waals surface area contributed by atoms with Crippen LogP contribution in [-0.4, -0.2) is 58.6 Å². The second kappa shape index (κ2) is 12.3. The van der Waals surface area contributed by atoms with Gasteiger partial charge in [-0.3, -0.25) is 4.79 Å². The fraction of sp³-hybridized carbons (Fsp3) is 0.310. The van der Waals surface area contributed by atoms with E-state index in [2.05, 4.69) is 37.4 Å². The Labute approximate surface area is 232 Å². The third kappa shape index (κ3) is 6.55. The normalized spacial score (nSPS) is 15.3. The molecule has 202 valence electrons. The van der Waals surface area contributed by atoms with Crippen LogP contribution in [0.3, 0.4) is 0 Å². The Hall–Kier alpha value is -3.95. The first-order chi connectivity index (χ1) is 19.0. The highest BCUT2D eigenvalue weighted by atomic mass is 35.5. The second-order valence-corrected chi connectivity index (χ2v) is 9.93. The van der Waals surface area contributed by atoms with E-state index in [9.17, 15) is 4.79 Å². The summed E-state index contributed by atoms with van der Waals surface area (Å²) in [6.45, 7) is 5.09. The summed E-state index contributed by atoms with van der Waals surface area (Å²) >= 11 is 5.98. The van der Waals surface area contributed by atoms with Crippen LogP contribution in [0.1, 0.15) is 36.5 Å². The summed E-state index contributed by atoms with van der Waals surface area (Å²) in [4.78, 5) is 28.2. The van der Waals surface area contributed by atoms with Gasteiger partial charge in [0, 0.05) is 34.6 Å². The van der Waals surface area contributed by atoms with Crippen molar-refractivity contribution in [2.75, 3.05) is 37.4 Å². The van der Waals surface area contributed by atoms with Gasteiger partial charge >= 0.3 is 0 Å². The predicted molar refractivity (Wildman–Crippen MR) is 153 cm³/mol. The number of likely N-dealkylation sites (tertiary alicyclic amines) is 1. The first-order valence-corrected chi connectivity index (χ1v) is 13.4. The number of carbonyl (C=O) groups excluding carboxylic acids is 1. The summed E-state index contributed by atoms with van der Waals surface area (Å²) < 4.78 is 11.7. The molecule has 1 atom stereocenters. The molecule has 5 rings (SSSR count). The third-order valence-electron chi connectivity index (χ3n) is 6.81. The Balaban J connectivity index is 1.25. The lowest BCUT2D eigenvalue weighted by atomic mass is 10.2. The molecule has 39 heavy (non-hydrogen) atoms. The molecule has 1 fully saturated rings. The van der Waals surface area contributed by atoms with Crippen molar-refractivity contribution in [3.05, 3.63) is 71.6 Å². The van der Waals surface area contributed by atoms with Gasteiger partial charge in [-0.05, 0) is 69.1 Å². The Morgan fingerprint density at radius 2 is 2.03 bits per heavy atom. The van der Waals surface area contributed by atoms with Crippen LogP contribution in [0.5, 0.6) is 11.5 Å². The van der Waals surface area contributed by atoms with Gasteiger partial charge in [0.25, 0.3) is 5.91 Å². The zero-order chi connectivity index (χ0) is 27.2. The molecular formula is C29H31ClN6O3. The SMILES string of the molecule is COc1cc2c(Nc3ccc(NC(=O)c4cccc(Cl)c4)nc3)ncnc2cc1OCCCN1CCC[C@@H]1C. The molecule has 0 aliphatic carbocycles. The second-order valence-electron chi connectivity index (χ2n) is 9.49. The van der Waals surface area contributed by atoms with Crippen molar-refractivity contribution in [1.82, 2.24) is 19.9 Å². The molecule has 1 aliphatic heterocycles. The molecule has 0 radical (unpaired) electrons. The van der Waals surface area contributed by atoms with Gasteiger partial charge in [-0.2, -0.15) is 0 Å². The van der Waals surface area contributed by atoms with Gasteiger partial charge in [-0.25, -0.2) is 15.0 Å². The molecule has 0 unspecified atom stereocenters. The molecule has 0 saturated carbocycles. The number of nitrogens with one attached hydrogen (secondary N) is 2. The molecule has 1 aliphatic rings. The number of hydrogen-bond acceptors (Lipinski definition) is 8. The number of carbonyl (C=O) groups is 1. The first kappa shape index (κ1) is 26.6. The van der Waals surface area contributed by atoms with E-state index in [1.54, 1.807) is 43.6 Å². The number of benzene rings is 2. The molecule has 9 nitrogen and oxygen atoms in total. The maximum absolute atomic E-state index is 12.5. The predicted octanol–water partition coefficient (Wildman–Crippen LogP) is 5.94.